The van der Waals surface area contributed by atoms with E-state index in [2.05, 4.69) is 15.5 Å². The summed E-state index contributed by atoms with van der Waals surface area (Å²) in [6.45, 7) is 0. The van der Waals surface area contributed by atoms with Gasteiger partial charge >= 0.3 is 0 Å². The van der Waals surface area contributed by atoms with Gasteiger partial charge in [-0.25, -0.2) is 0 Å². The number of aromatic nitrogens is 2. The second-order valence-electron chi connectivity index (χ2n) is 4.45. The molecule has 0 atom stereocenters. The summed E-state index contributed by atoms with van der Waals surface area (Å²) in [5.41, 5.74) is 2.28. The van der Waals surface area contributed by atoms with Crippen LogP contribution >= 0.6 is 23.1 Å². The van der Waals surface area contributed by atoms with Crippen LogP contribution in [0.4, 0.5) is 5.69 Å². The van der Waals surface area contributed by atoms with Crippen LogP contribution in [0.2, 0.25) is 0 Å². The third kappa shape index (κ3) is 4.54. The number of carbonyl (C=O) groups is 1. The van der Waals surface area contributed by atoms with E-state index in [1.807, 2.05) is 54.6 Å². The number of nitrogens with one attached hydrogen (secondary N) is 1. The zero-order valence-electron chi connectivity index (χ0n) is 12.0. The molecule has 0 spiro atoms. The zero-order valence-corrected chi connectivity index (χ0v) is 13.6. The van der Waals surface area contributed by atoms with Crippen LogP contribution in [0.15, 0.2) is 64.4 Å². The van der Waals surface area contributed by atoms with Crippen molar-refractivity contribution in [1.29, 1.82) is 0 Å². The normalized spacial score (nSPS) is 10.3. The molecule has 116 valence electrons. The summed E-state index contributed by atoms with van der Waals surface area (Å²) < 4.78 is 6.59. The molecular weight excluding hydrogens is 330 g/mol. The maximum absolute atomic E-state index is 12.1. The van der Waals surface area contributed by atoms with Crippen molar-refractivity contribution in [2.75, 3.05) is 11.1 Å². The molecule has 0 aliphatic carbocycles. The lowest BCUT2D eigenvalue weighted by Crippen LogP contribution is -2.14. The molecule has 3 rings (SSSR count). The lowest BCUT2D eigenvalue weighted by molar-refractivity contribution is -0.113. The topological polar surface area (TPSA) is 64.1 Å². The minimum Gasteiger partial charge on any atom is -0.455 e. The fraction of sp³-hybridized carbons (Fsp3) is 0.0625. The second-order valence-corrected chi connectivity index (χ2v) is 6.51. The summed E-state index contributed by atoms with van der Waals surface area (Å²) in [4.78, 5) is 12.1. The number of anilines is 1. The van der Waals surface area contributed by atoms with Gasteiger partial charge in [0.15, 0.2) is 10.1 Å². The minimum absolute atomic E-state index is 0.116. The summed E-state index contributed by atoms with van der Waals surface area (Å²) in [7, 11) is 0. The van der Waals surface area contributed by atoms with Gasteiger partial charge in [-0.3, -0.25) is 4.79 Å². The first-order valence-corrected chi connectivity index (χ1v) is 8.68. The maximum atomic E-state index is 12.1. The summed E-state index contributed by atoms with van der Waals surface area (Å²) in [5, 5.41) is 10.5. The smallest absolute Gasteiger partial charge is 0.234 e. The van der Waals surface area contributed by atoms with Crippen LogP contribution < -0.4 is 10.1 Å². The Hall–Kier alpha value is -2.38. The fourth-order valence-electron chi connectivity index (χ4n) is 1.81. The first kappa shape index (κ1) is 15.5. The number of thioether (sulfide) groups is 1. The van der Waals surface area contributed by atoms with Crippen LogP contribution in [0.5, 0.6) is 11.5 Å². The van der Waals surface area contributed by atoms with Crippen LogP contribution in [0.3, 0.4) is 0 Å². The number of benzene rings is 2. The molecule has 0 aliphatic heterocycles. The van der Waals surface area contributed by atoms with Crippen molar-refractivity contribution in [3.63, 3.8) is 0 Å². The molecule has 7 heteroatoms. The van der Waals surface area contributed by atoms with Gasteiger partial charge in [0.2, 0.25) is 5.91 Å². The first-order valence-electron chi connectivity index (χ1n) is 6.82. The van der Waals surface area contributed by atoms with E-state index in [1.54, 1.807) is 5.51 Å². The standard InChI is InChI=1S/C16H13N3O2S2/c20-15(10-22-16-19-17-11-23-16)18-13-8-4-5-9-14(13)21-12-6-2-1-3-7-12/h1-9,11H,10H2,(H,18,20). The summed E-state index contributed by atoms with van der Waals surface area (Å²) >= 11 is 2.77. The second kappa shape index (κ2) is 7.75. The molecule has 1 N–H and O–H groups in total. The SMILES string of the molecule is O=C(CSc1nncs1)Nc1ccccc1Oc1ccccc1. The molecule has 2 aromatic carbocycles. The van der Waals surface area contributed by atoms with Gasteiger partial charge in [-0.15, -0.1) is 10.2 Å². The van der Waals surface area contributed by atoms with Gasteiger partial charge in [-0.1, -0.05) is 53.4 Å². The molecule has 3 aromatic rings. The highest BCUT2D eigenvalue weighted by Gasteiger charge is 2.10. The Bertz CT molecular complexity index is 764. The number of hydrogen-bond donors (Lipinski definition) is 1. The fourth-order valence-corrected chi connectivity index (χ4v) is 3.10. The van der Waals surface area contributed by atoms with E-state index in [1.165, 1.54) is 23.1 Å². The van der Waals surface area contributed by atoms with Crippen LogP contribution in [-0.4, -0.2) is 21.9 Å². The Balaban J connectivity index is 1.64. The highest BCUT2D eigenvalue weighted by Crippen LogP contribution is 2.29. The maximum Gasteiger partial charge on any atom is 0.234 e. The molecule has 0 bridgehead atoms. The highest BCUT2D eigenvalue weighted by atomic mass is 32.2. The average molecular weight is 343 g/mol. The monoisotopic (exact) mass is 343 g/mol. The Morgan fingerprint density at radius 1 is 1.13 bits per heavy atom. The van der Waals surface area contributed by atoms with Gasteiger partial charge in [-0.05, 0) is 24.3 Å². The van der Waals surface area contributed by atoms with Crippen molar-refractivity contribution in [2.24, 2.45) is 0 Å². The zero-order chi connectivity index (χ0) is 15.9. The number of carbonyl (C=O) groups excluding carboxylic acids is 1. The molecule has 5 nitrogen and oxygen atoms in total. The number of para-hydroxylation sites is 3. The van der Waals surface area contributed by atoms with Crippen LogP contribution in [-0.2, 0) is 4.79 Å². The molecule has 0 fully saturated rings. The quantitative estimate of drug-likeness (QED) is 0.684. The van der Waals surface area contributed by atoms with Gasteiger partial charge < -0.3 is 10.1 Å². The van der Waals surface area contributed by atoms with E-state index in [-0.39, 0.29) is 11.7 Å². The number of amides is 1. The van der Waals surface area contributed by atoms with E-state index in [9.17, 15) is 4.79 Å². The number of rotatable bonds is 6. The van der Waals surface area contributed by atoms with Crippen molar-refractivity contribution < 1.29 is 9.53 Å². The van der Waals surface area contributed by atoms with Gasteiger partial charge in [0.25, 0.3) is 0 Å². The van der Waals surface area contributed by atoms with E-state index in [4.69, 9.17) is 4.74 Å². The van der Waals surface area contributed by atoms with Crippen LogP contribution in [0.25, 0.3) is 0 Å². The number of ether oxygens (including phenoxy) is 1. The van der Waals surface area contributed by atoms with E-state index >= 15 is 0 Å². The molecule has 0 unspecified atom stereocenters. The van der Waals surface area contributed by atoms with Crippen LogP contribution in [0, 0.1) is 0 Å². The summed E-state index contributed by atoms with van der Waals surface area (Å²) in [6, 6.07) is 16.8. The molecule has 1 amide bonds. The Labute approximate surface area is 141 Å². The third-order valence-corrected chi connectivity index (χ3v) is 4.66. The predicted octanol–water partition coefficient (Wildman–Crippen LogP) is 4.06. The van der Waals surface area contributed by atoms with Crippen LogP contribution in [0.1, 0.15) is 0 Å². The number of hydrogen-bond acceptors (Lipinski definition) is 6. The molecule has 23 heavy (non-hydrogen) atoms. The Morgan fingerprint density at radius 2 is 1.91 bits per heavy atom. The predicted molar refractivity (Wildman–Crippen MR) is 92.2 cm³/mol. The summed E-state index contributed by atoms with van der Waals surface area (Å²) in [6.07, 6.45) is 0. The van der Waals surface area contributed by atoms with Gasteiger partial charge in [-0.2, -0.15) is 0 Å². The van der Waals surface area contributed by atoms with E-state index in [0.717, 1.165) is 10.1 Å². The molecule has 0 aliphatic rings. The molecule has 0 saturated heterocycles. The molecule has 1 aromatic heterocycles. The molecule has 0 saturated carbocycles. The lowest BCUT2D eigenvalue weighted by Gasteiger charge is -2.11. The first-order chi connectivity index (χ1) is 11.3. The van der Waals surface area contributed by atoms with E-state index < -0.39 is 0 Å². The highest BCUT2D eigenvalue weighted by molar-refractivity contribution is 8.01. The summed E-state index contributed by atoms with van der Waals surface area (Å²) in [5.74, 6) is 1.48. The van der Waals surface area contributed by atoms with Gasteiger partial charge in [0.1, 0.15) is 11.3 Å². The lowest BCUT2D eigenvalue weighted by atomic mass is 10.3. The van der Waals surface area contributed by atoms with Crippen molar-refractivity contribution in [3.05, 3.63) is 60.1 Å². The third-order valence-electron chi connectivity index (χ3n) is 2.80. The molecular formula is C16H13N3O2S2. The van der Waals surface area contributed by atoms with Crippen molar-refractivity contribution in [1.82, 2.24) is 10.2 Å². The van der Waals surface area contributed by atoms with Gasteiger partial charge in [0, 0.05) is 0 Å². The van der Waals surface area contributed by atoms with Crippen molar-refractivity contribution >= 4 is 34.7 Å². The van der Waals surface area contributed by atoms with Crippen molar-refractivity contribution in [2.45, 2.75) is 4.34 Å². The Morgan fingerprint density at radius 3 is 2.70 bits per heavy atom. The minimum atomic E-state index is -0.116. The molecule has 1 heterocycles. The average Bonchev–Trinajstić information content (AvgIpc) is 3.09. The van der Waals surface area contributed by atoms with Gasteiger partial charge in [0.05, 0.1) is 11.4 Å². The molecule has 0 radical (unpaired) electrons. The largest absolute Gasteiger partial charge is 0.455 e. The van der Waals surface area contributed by atoms with E-state index in [0.29, 0.717) is 11.4 Å². The Kier molecular flexibility index (Phi) is 5.23. The van der Waals surface area contributed by atoms with Crippen molar-refractivity contribution in [3.8, 4) is 11.5 Å². The number of nitrogens with zero attached hydrogens (tertiary/aromatic N) is 2.